The van der Waals surface area contributed by atoms with Crippen molar-refractivity contribution in [3.8, 4) is 0 Å². The number of hydrogen-bond donors (Lipinski definition) is 2. The fourth-order valence-corrected chi connectivity index (χ4v) is 2.95. The minimum absolute atomic E-state index is 0. The molecule has 1 unspecified atom stereocenters. The molecule has 0 radical (unpaired) electrons. The van der Waals surface area contributed by atoms with E-state index in [9.17, 15) is 4.79 Å². The zero-order valence-electron chi connectivity index (χ0n) is 11.7. The molecule has 20 heavy (non-hydrogen) atoms. The average Bonchev–Trinajstić information content (AvgIpc) is 3.04. The molecule has 1 aliphatic rings. The third-order valence-electron chi connectivity index (χ3n) is 3.33. The van der Waals surface area contributed by atoms with Gasteiger partial charge >= 0.3 is 0 Å². The van der Waals surface area contributed by atoms with E-state index in [1.807, 2.05) is 6.20 Å². The molecule has 0 aliphatic carbocycles. The van der Waals surface area contributed by atoms with Crippen LogP contribution in [0.2, 0.25) is 0 Å². The van der Waals surface area contributed by atoms with E-state index in [1.165, 1.54) is 11.3 Å². The molecule has 1 aliphatic heterocycles. The average molecular weight is 340 g/mol. The fraction of sp³-hybridized carbons (Fsp3) is 0.692. The molecule has 0 aromatic carbocycles. The van der Waals surface area contributed by atoms with Gasteiger partial charge in [0.25, 0.3) is 0 Å². The Morgan fingerprint density at radius 3 is 2.95 bits per heavy atom. The minimum Gasteiger partial charge on any atom is -0.350 e. The lowest BCUT2D eigenvalue weighted by molar-refractivity contribution is -0.121. The lowest BCUT2D eigenvalue weighted by Gasteiger charge is -2.07. The van der Waals surface area contributed by atoms with Crippen molar-refractivity contribution >= 4 is 42.1 Å². The summed E-state index contributed by atoms with van der Waals surface area (Å²) in [5.74, 6) is 0.831. The number of aryl methyl sites for hydroxylation is 1. The maximum absolute atomic E-state index is 11.7. The number of halogens is 2. The highest BCUT2D eigenvalue weighted by atomic mass is 35.5. The number of thiazole rings is 1. The Morgan fingerprint density at radius 1 is 1.55 bits per heavy atom. The molecule has 2 rings (SSSR count). The van der Waals surface area contributed by atoms with E-state index >= 15 is 0 Å². The number of amides is 1. The van der Waals surface area contributed by atoms with Crippen LogP contribution in [0, 0.1) is 5.92 Å². The Kier molecular flexibility index (Phi) is 10.2. The topological polar surface area (TPSA) is 54.0 Å². The van der Waals surface area contributed by atoms with E-state index in [1.54, 1.807) is 11.3 Å². The van der Waals surface area contributed by atoms with Crippen molar-refractivity contribution in [3.05, 3.63) is 16.1 Å². The standard InChI is InChI=1S/C13H21N3OS.2ClH/c1-2-11-8-16-13(18-11)9-15-12(17)4-3-10-5-6-14-7-10;;/h8,10,14H,2-7,9H2,1H3,(H,15,17);2*1H. The van der Waals surface area contributed by atoms with Crippen molar-refractivity contribution in [2.24, 2.45) is 5.92 Å². The second kappa shape index (κ2) is 10.4. The largest absolute Gasteiger partial charge is 0.350 e. The van der Waals surface area contributed by atoms with Gasteiger partial charge in [-0.05, 0) is 38.3 Å². The molecular weight excluding hydrogens is 317 g/mol. The SMILES string of the molecule is CCc1cnc(CNC(=O)CCC2CCNC2)s1.Cl.Cl. The molecule has 0 saturated carbocycles. The van der Waals surface area contributed by atoms with Crippen LogP contribution in [0.1, 0.15) is 36.1 Å². The number of nitrogens with one attached hydrogen (secondary N) is 2. The van der Waals surface area contributed by atoms with Crippen molar-refractivity contribution in [2.45, 2.75) is 39.2 Å². The Balaban J connectivity index is 0.00000180. The van der Waals surface area contributed by atoms with Gasteiger partial charge in [-0.2, -0.15) is 0 Å². The highest BCUT2D eigenvalue weighted by Crippen LogP contribution is 2.15. The summed E-state index contributed by atoms with van der Waals surface area (Å²) in [6, 6.07) is 0. The first-order valence-electron chi connectivity index (χ1n) is 6.69. The summed E-state index contributed by atoms with van der Waals surface area (Å²) in [4.78, 5) is 17.3. The Labute approximate surface area is 137 Å². The Hall–Kier alpha value is -0.360. The van der Waals surface area contributed by atoms with Crippen LogP contribution < -0.4 is 10.6 Å². The molecule has 116 valence electrons. The number of hydrogen-bond acceptors (Lipinski definition) is 4. The quantitative estimate of drug-likeness (QED) is 0.837. The molecular formula is C13H23Cl2N3OS. The van der Waals surface area contributed by atoms with E-state index in [-0.39, 0.29) is 30.7 Å². The number of nitrogens with zero attached hydrogens (tertiary/aromatic N) is 1. The highest BCUT2D eigenvalue weighted by Gasteiger charge is 2.15. The molecule has 2 heterocycles. The second-order valence-corrected chi connectivity index (χ2v) is 5.95. The van der Waals surface area contributed by atoms with Gasteiger partial charge in [0.05, 0.1) is 6.54 Å². The first-order valence-corrected chi connectivity index (χ1v) is 7.50. The lowest BCUT2D eigenvalue weighted by atomic mass is 10.0. The maximum atomic E-state index is 11.7. The van der Waals surface area contributed by atoms with Gasteiger partial charge in [-0.1, -0.05) is 6.92 Å². The molecule has 0 spiro atoms. The highest BCUT2D eigenvalue weighted by molar-refractivity contribution is 7.11. The monoisotopic (exact) mass is 339 g/mol. The van der Waals surface area contributed by atoms with Crippen molar-refractivity contribution in [3.63, 3.8) is 0 Å². The van der Waals surface area contributed by atoms with Crippen molar-refractivity contribution in [1.29, 1.82) is 0 Å². The lowest BCUT2D eigenvalue weighted by Crippen LogP contribution is -2.23. The summed E-state index contributed by atoms with van der Waals surface area (Å²) in [6.45, 7) is 4.86. The van der Waals surface area contributed by atoms with Gasteiger partial charge in [0.15, 0.2) is 0 Å². The predicted octanol–water partition coefficient (Wildman–Crippen LogP) is 2.56. The maximum Gasteiger partial charge on any atom is 0.220 e. The van der Waals surface area contributed by atoms with Crippen LogP contribution in [0.25, 0.3) is 0 Å². The van der Waals surface area contributed by atoms with Gasteiger partial charge in [-0.15, -0.1) is 36.2 Å². The molecule has 1 atom stereocenters. The summed E-state index contributed by atoms with van der Waals surface area (Å²) in [6.07, 6.45) is 5.76. The van der Waals surface area contributed by atoms with Crippen LogP contribution in [-0.4, -0.2) is 24.0 Å². The zero-order valence-corrected chi connectivity index (χ0v) is 14.1. The number of carbonyl (C=O) groups excluding carboxylic acids is 1. The zero-order chi connectivity index (χ0) is 12.8. The Morgan fingerprint density at radius 2 is 2.35 bits per heavy atom. The smallest absolute Gasteiger partial charge is 0.220 e. The first kappa shape index (κ1) is 19.6. The summed E-state index contributed by atoms with van der Waals surface area (Å²) in [5.41, 5.74) is 0. The van der Waals surface area contributed by atoms with Crippen molar-refractivity contribution < 1.29 is 4.79 Å². The van der Waals surface area contributed by atoms with Crippen LogP contribution >= 0.6 is 36.2 Å². The first-order chi connectivity index (χ1) is 8.78. The summed E-state index contributed by atoms with van der Waals surface area (Å²) >= 11 is 1.68. The van der Waals surface area contributed by atoms with Crippen LogP contribution in [0.15, 0.2) is 6.20 Å². The molecule has 1 fully saturated rings. The van der Waals surface area contributed by atoms with Gasteiger partial charge in [-0.25, -0.2) is 4.98 Å². The van der Waals surface area contributed by atoms with E-state index in [0.29, 0.717) is 18.9 Å². The van der Waals surface area contributed by atoms with Crippen LogP contribution in [0.3, 0.4) is 0 Å². The van der Waals surface area contributed by atoms with Crippen LogP contribution in [0.5, 0.6) is 0 Å². The van der Waals surface area contributed by atoms with Crippen LogP contribution in [-0.2, 0) is 17.8 Å². The number of aromatic nitrogens is 1. The molecule has 1 saturated heterocycles. The Bertz CT molecular complexity index is 395. The van der Waals surface area contributed by atoms with E-state index in [0.717, 1.165) is 30.9 Å². The summed E-state index contributed by atoms with van der Waals surface area (Å²) in [7, 11) is 0. The normalized spacial score (nSPS) is 17.1. The molecule has 1 amide bonds. The third kappa shape index (κ3) is 6.39. The van der Waals surface area contributed by atoms with E-state index < -0.39 is 0 Å². The minimum atomic E-state index is 0. The fourth-order valence-electron chi connectivity index (χ4n) is 2.15. The molecule has 2 N–H and O–H groups in total. The van der Waals surface area contributed by atoms with Crippen molar-refractivity contribution in [2.75, 3.05) is 13.1 Å². The molecule has 7 heteroatoms. The molecule has 1 aromatic rings. The third-order valence-corrected chi connectivity index (χ3v) is 4.47. The van der Waals surface area contributed by atoms with Gasteiger partial charge < -0.3 is 10.6 Å². The van der Waals surface area contributed by atoms with E-state index in [2.05, 4.69) is 22.5 Å². The van der Waals surface area contributed by atoms with Crippen LogP contribution in [0.4, 0.5) is 0 Å². The van der Waals surface area contributed by atoms with Crippen molar-refractivity contribution in [1.82, 2.24) is 15.6 Å². The van der Waals surface area contributed by atoms with Gasteiger partial charge in [-0.3, -0.25) is 4.79 Å². The van der Waals surface area contributed by atoms with Gasteiger partial charge in [0, 0.05) is 17.5 Å². The van der Waals surface area contributed by atoms with E-state index in [4.69, 9.17) is 0 Å². The molecule has 1 aromatic heterocycles. The summed E-state index contributed by atoms with van der Waals surface area (Å²) in [5, 5.41) is 7.27. The molecule has 0 bridgehead atoms. The summed E-state index contributed by atoms with van der Waals surface area (Å²) < 4.78 is 0. The van der Waals surface area contributed by atoms with Gasteiger partial charge in [0.1, 0.15) is 5.01 Å². The second-order valence-electron chi connectivity index (χ2n) is 4.75. The number of rotatable bonds is 6. The molecule has 4 nitrogen and oxygen atoms in total. The predicted molar refractivity (Wildman–Crippen MR) is 88.0 cm³/mol. The number of carbonyl (C=O) groups is 1. The van der Waals surface area contributed by atoms with Gasteiger partial charge in [0.2, 0.25) is 5.91 Å².